The third-order valence-electron chi connectivity index (χ3n) is 2.64. The fourth-order valence-corrected chi connectivity index (χ4v) is 2.78. The van der Waals surface area contributed by atoms with E-state index in [0.29, 0.717) is 22.0 Å². The fourth-order valence-electron chi connectivity index (χ4n) is 1.71. The molecule has 18 heavy (non-hydrogen) atoms. The van der Waals surface area contributed by atoms with E-state index in [9.17, 15) is 4.39 Å². The van der Waals surface area contributed by atoms with Gasteiger partial charge in [0.05, 0.1) is 10.0 Å². The van der Waals surface area contributed by atoms with Crippen LogP contribution < -0.4 is 0 Å². The van der Waals surface area contributed by atoms with Crippen LogP contribution in [0.15, 0.2) is 42.5 Å². The van der Waals surface area contributed by atoms with Crippen LogP contribution in [0.4, 0.5) is 4.39 Å². The van der Waals surface area contributed by atoms with Gasteiger partial charge in [-0.3, -0.25) is 0 Å². The van der Waals surface area contributed by atoms with Gasteiger partial charge in [0.1, 0.15) is 5.82 Å². The van der Waals surface area contributed by atoms with E-state index in [1.165, 1.54) is 6.07 Å². The maximum atomic E-state index is 13.6. The molecule has 0 spiro atoms. The number of benzene rings is 2. The normalized spacial score (nSPS) is 12.4. The molecule has 0 aromatic heterocycles. The predicted molar refractivity (Wildman–Crippen MR) is 78.2 cm³/mol. The van der Waals surface area contributed by atoms with Gasteiger partial charge in [-0.15, -0.1) is 0 Å². The Balaban J connectivity index is 2.19. The number of hydrogen-bond donors (Lipinski definition) is 0. The van der Waals surface area contributed by atoms with E-state index in [2.05, 4.69) is 15.9 Å². The Bertz CT molecular complexity index is 557. The first-order chi connectivity index (χ1) is 8.58. The van der Waals surface area contributed by atoms with Crippen LogP contribution >= 0.6 is 39.1 Å². The summed E-state index contributed by atoms with van der Waals surface area (Å²) in [5, 5.41) is 1.04. The highest BCUT2D eigenvalue weighted by atomic mass is 79.9. The lowest BCUT2D eigenvalue weighted by Gasteiger charge is -2.11. The van der Waals surface area contributed by atoms with Gasteiger partial charge in [0.2, 0.25) is 0 Å². The van der Waals surface area contributed by atoms with Gasteiger partial charge in [0, 0.05) is 10.4 Å². The molecule has 2 aromatic rings. The molecule has 94 valence electrons. The van der Waals surface area contributed by atoms with Crippen molar-refractivity contribution in [2.45, 2.75) is 11.2 Å². The van der Waals surface area contributed by atoms with E-state index in [4.69, 9.17) is 23.2 Å². The van der Waals surface area contributed by atoms with Gasteiger partial charge >= 0.3 is 0 Å². The average Bonchev–Trinajstić information content (AvgIpc) is 2.34. The molecule has 0 amide bonds. The number of halogens is 4. The molecule has 0 aliphatic carbocycles. The maximum Gasteiger partial charge on any atom is 0.127 e. The number of alkyl halides is 1. The number of hydrogen-bond acceptors (Lipinski definition) is 0. The first-order valence-electron chi connectivity index (χ1n) is 5.40. The summed E-state index contributed by atoms with van der Waals surface area (Å²) < 4.78 is 13.6. The smallest absolute Gasteiger partial charge is 0.127 e. The van der Waals surface area contributed by atoms with Gasteiger partial charge < -0.3 is 0 Å². The van der Waals surface area contributed by atoms with Crippen LogP contribution in [0.5, 0.6) is 0 Å². The molecule has 4 heteroatoms. The molecule has 0 aliphatic heterocycles. The molecule has 2 aromatic carbocycles. The van der Waals surface area contributed by atoms with Crippen LogP contribution in [0.3, 0.4) is 0 Å². The summed E-state index contributed by atoms with van der Waals surface area (Å²) in [6.45, 7) is 0. The minimum atomic E-state index is -0.209. The average molecular weight is 348 g/mol. The standard InChI is InChI=1S/C14H10BrCl2F/c15-11(10-3-1-2-4-14(10)18)7-9-5-6-12(16)13(17)8-9/h1-6,8,11H,7H2. The molecule has 1 atom stereocenters. The van der Waals surface area contributed by atoms with Gasteiger partial charge in [-0.2, -0.15) is 0 Å². The van der Waals surface area contributed by atoms with Crippen molar-refractivity contribution in [3.63, 3.8) is 0 Å². The Morgan fingerprint density at radius 1 is 1.06 bits per heavy atom. The summed E-state index contributed by atoms with van der Waals surface area (Å²) in [5.41, 5.74) is 1.65. The molecule has 0 aliphatic rings. The Morgan fingerprint density at radius 3 is 2.44 bits per heavy atom. The molecule has 0 nitrogen and oxygen atoms in total. The number of rotatable bonds is 3. The lowest BCUT2D eigenvalue weighted by Crippen LogP contribution is -1.98. The monoisotopic (exact) mass is 346 g/mol. The second kappa shape index (κ2) is 6.05. The highest BCUT2D eigenvalue weighted by Crippen LogP contribution is 2.31. The van der Waals surface area contributed by atoms with E-state index >= 15 is 0 Å². The van der Waals surface area contributed by atoms with E-state index in [1.807, 2.05) is 12.1 Å². The molecule has 0 heterocycles. The second-order valence-electron chi connectivity index (χ2n) is 3.94. The van der Waals surface area contributed by atoms with E-state index in [-0.39, 0.29) is 10.6 Å². The Labute approximate surface area is 124 Å². The molecule has 0 radical (unpaired) electrons. The molecule has 0 N–H and O–H groups in total. The van der Waals surface area contributed by atoms with Gasteiger partial charge in [0.25, 0.3) is 0 Å². The first-order valence-corrected chi connectivity index (χ1v) is 7.07. The summed E-state index contributed by atoms with van der Waals surface area (Å²) in [6, 6.07) is 12.2. The summed E-state index contributed by atoms with van der Waals surface area (Å²) in [5.74, 6) is -0.209. The van der Waals surface area contributed by atoms with Gasteiger partial charge in [-0.05, 0) is 30.2 Å². The summed E-state index contributed by atoms with van der Waals surface area (Å²) >= 11 is 15.3. The van der Waals surface area contributed by atoms with Crippen molar-refractivity contribution in [3.05, 3.63) is 69.5 Å². The zero-order chi connectivity index (χ0) is 13.1. The molecule has 0 bridgehead atoms. The van der Waals surface area contributed by atoms with E-state index < -0.39 is 0 Å². The van der Waals surface area contributed by atoms with Crippen molar-refractivity contribution in [2.75, 3.05) is 0 Å². The molecule has 1 unspecified atom stereocenters. The molecule has 0 saturated heterocycles. The van der Waals surface area contributed by atoms with Gasteiger partial charge in [0.15, 0.2) is 0 Å². The first kappa shape index (κ1) is 13.9. The SMILES string of the molecule is Fc1ccccc1C(Br)Cc1ccc(Cl)c(Cl)c1. The summed E-state index contributed by atoms with van der Waals surface area (Å²) in [4.78, 5) is -0.0871. The minimum Gasteiger partial charge on any atom is -0.207 e. The van der Waals surface area contributed by atoms with Crippen LogP contribution in [-0.2, 0) is 6.42 Å². The van der Waals surface area contributed by atoms with Crippen LogP contribution in [0.1, 0.15) is 16.0 Å². The molecule has 2 rings (SSSR count). The Morgan fingerprint density at radius 2 is 1.78 bits per heavy atom. The largest absolute Gasteiger partial charge is 0.207 e. The fraction of sp³-hybridized carbons (Fsp3) is 0.143. The summed E-state index contributed by atoms with van der Waals surface area (Å²) in [7, 11) is 0. The van der Waals surface area contributed by atoms with Crippen LogP contribution in [0.25, 0.3) is 0 Å². The quantitative estimate of drug-likeness (QED) is 0.614. The van der Waals surface area contributed by atoms with Gasteiger partial charge in [-0.25, -0.2) is 4.39 Å². The van der Waals surface area contributed by atoms with Crippen molar-refractivity contribution >= 4 is 39.1 Å². The van der Waals surface area contributed by atoms with Crippen LogP contribution in [0, 0.1) is 5.82 Å². The molecular weight excluding hydrogens is 338 g/mol. The maximum absolute atomic E-state index is 13.6. The van der Waals surface area contributed by atoms with Crippen molar-refractivity contribution in [2.24, 2.45) is 0 Å². The lowest BCUT2D eigenvalue weighted by molar-refractivity contribution is 0.608. The van der Waals surface area contributed by atoms with E-state index in [1.54, 1.807) is 24.3 Å². The summed E-state index contributed by atoms with van der Waals surface area (Å²) in [6.07, 6.45) is 0.651. The Kier molecular flexibility index (Phi) is 4.66. The van der Waals surface area contributed by atoms with Crippen molar-refractivity contribution in [1.29, 1.82) is 0 Å². The molecule has 0 fully saturated rings. The van der Waals surface area contributed by atoms with Crippen molar-refractivity contribution in [1.82, 2.24) is 0 Å². The zero-order valence-electron chi connectivity index (χ0n) is 9.34. The Hall–Kier alpha value is -0.570. The lowest BCUT2D eigenvalue weighted by atomic mass is 10.0. The molecular formula is C14H10BrCl2F. The second-order valence-corrected chi connectivity index (χ2v) is 5.86. The van der Waals surface area contributed by atoms with Crippen molar-refractivity contribution in [3.8, 4) is 0 Å². The third kappa shape index (κ3) is 3.25. The van der Waals surface area contributed by atoms with Crippen LogP contribution in [0.2, 0.25) is 10.0 Å². The highest BCUT2D eigenvalue weighted by Gasteiger charge is 2.13. The van der Waals surface area contributed by atoms with Crippen molar-refractivity contribution < 1.29 is 4.39 Å². The van der Waals surface area contributed by atoms with E-state index in [0.717, 1.165) is 5.56 Å². The zero-order valence-corrected chi connectivity index (χ0v) is 12.4. The molecule has 0 saturated carbocycles. The predicted octanol–water partition coefficient (Wildman–Crippen LogP) is 5.81. The van der Waals surface area contributed by atoms with Gasteiger partial charge in [-0.1, -0.05) is 63.4 Å². The topological polar surface area (TPSA) is 0 Å². The highest BCUT2D eigenvalue weighted by molar-refractivity contribution is 9.09. The minimum absolute atomic E-state index is 0.0871. The van der Waals surface area contributed by atoms with Crippen LogP contribution in [-0.4, -0.2) is 0 Å². The third-order valence-corrected chi connectivity index (χ3v) is 4.20.